The van der Waals surface area contributed by atoms with Gasteiger partial charge in [-0.2, -0.15) is 4.52 Å². The molecule has 3 aromatic rings. The molecule has 0 atom stereocenters. The van der Waals surface area contributed by atoms with Gasteiger partial charge in [-0.1, -0.05) is 12.1 Å². The van der Waals surface area contributed by atoms with Crippen molar-refractivity contribution in [2.75, 3.05) is 23.7 Å². The molecule has 1 aliphatic rings. The predicted octanol–water partition coefficient (Wildman–Crippen LogP) is 2.72. The van der Waals surface area contributed by atoms with E-state index in [4.69, 9.17) is 5.73 Å². The number of hydrogen-bond donors (Lipinski definition) is 1. The van der Waals surface area contributed by atoms with E-state index in [0.29, 0.717) is 22.7 Å². The van der Waals surface area contributed by atoms with Gasteiger partial charge < -0.3 is 10.6 Å². The molecule has 1 aliphatic heterocycles. The van der Waals surface area contributed by atoms with Crippen molar-refractivity contribution >= 4 is 17.3 Å². The lowest BCUT2D eigenvalue weighted by atomic mass is 10.1. The number of imidazole rings is 1. The summed E-state index contributed by atoms with van der Waals surface area (Å²) in [6, 6.07) is 10.1. The Balaban J connectivity index is 1.83. The Kier molecular flexibility index (Phi) is 2.96. The maximum atomic E-state index is 13.4. The van der Waals surface area contributed by atoms with Crippen LogP contribution in [-0.4, -0.2) is 27.7 Å². The number of halogens is 1. The molecule has 6 heteroatoms. The van der Waals surface area contributed by atoms with Crippen molar-refractivity contribution < 1.29 is 4.39 Å². The van der Waals surface area contributed by atoms with Crippen LogP contribution in [0.15, 0.2) is 36.4 Å². The van der Waals surface area contributed by atoms with Crippen molar-refractivity contribution in [3.05, 3.63) is 42.2 Å². The molecule has 0 aliphatic carbocycles. The second-order valence-corrected chi connectivity index (χ2v) is 5.51. The van der Waals surface area contributed by atoms with Gasteiger partial charge in [-0.05, 0) is 37.1 Å². The molecule has 5 nitrogen and oxygen atoms in total. The number of hydrogen-bond acceptors (Lipinski definition) is 4. The summed E-state index contributed by atoms with van der Waals surface area (Å²) in [7, 11) is 0. The summed E-state index contributed by atoms with van der Waals surface area (Å²) in [6.45, 7) is 2.04. The number of rotatable bonds is 2. The van der Waals surface area contributed by atoms with Crippen molar-refractivity contribution in [2.45, 2.75) is 12.8 Å². The zero-order valence-electron chi connectivity index (χ0n) is 12.0. The Labute approximate surface area is 127 Å². The maximum absolute atomic E-state index is 13.4. The molecule has 2 N–H and O–H groups in total. The van der Waals surface area contributed by atoms with Crippen LogP contribution < -0.4 is 10.6 Å². The van der Waals surface area contributed by atoms with Gasteiger partial charge in [0.25, 0.3) is 0 Å². The summed E-state index contributed by atoms with van der Waals surface area (Å²) in [5.74, 6) is 1.03. The minimum Gasteiger partial charge on any atom is -0.382 e. The van der Waals surface area contributed by atoms with Crippen molar-refractivity contribution in [2.24, 2.45) is 0 Å². The second-order valence-electron chi connectivity index (χ2n) is 5.51. The van der Waals surface area contributed by atoms with Gasteiger partial charge in [0.1, 0.15) is 17.3 Å². The molecule has 1 aromatic carbocycles. The Bertz CT molecular complexity index is 836. The molecular formula is C16H16FN5. The highest BCUT2D eigenvalue weighted by Gasteiger charge is 2.17. The number of nitrogens with two attached hydrogens (primary N) is 1. The monoisotopic (exact) mass is 297 g/mol. The largest absolute Gasteiger partial charge is 0.382 e. The van der Waals surface area contributed by atoms with E-state index in [1.54, 1.807) is 16.6 Å². The summed E-state index contributed by atoms with van der Waals surface area (Å²) < 4.78 is 15.0. The molecule has 1 saturated heterocycles. The fourth-order valence-electron chi connectivity index (χ4n) is 2.90. The fraction of sp³-hybridized carbons (Fsp3) is 0.250. The highest BCUT2D eigenvalue weighted by atomic mass is 19.1. The van der Waals surface area contributed by atoms with Crippen LogP contribution in [-0.2, 0) is 0 Å². The van der Waals surface area contributed by atoms with Gasteiger partial charge in [-0.25, -0.2) is 9.37 Å². The molecular weight excluding hydrogens is 281 g/mol. The van der Waals surface area contributed by atoms with Gasteiger partial charge in [0.05, 0.1) is 0 Å². The Morgan fingerprint density at radius 2 is 1.91 bits per heavy atom. The summed E-state index contributed by atoms with van der Waals surface area (Å²) >= 11 is 0. The Morgan fingerprint density at radius 3 is 2.68 bits per heavy atom. The van der Waals surface area contributed by atoms with Crippen LogP contribution in [0.4, 0.5) is 16.0 Å². The van der Waals surface area contributed by atoms with E-state index < -0.39 is 0 Å². The highest BCUT2D eigenvalue weighted by Crippen LogP contribution is 2.27. The molecule has 4 rings (SSSR count). The summed E-state index contributed by atoms with van der Waals surface area (Å²) in [5, 5.41) is 4.59. The van der Waals surface area contributed by atoms with Crippen LogP contribution >= 0.6 is 0 Å². The zero-order chi connectivity index (χ0) is 15.1. The first-order valence-electron chi connectivity index (χ1n) is 7.38. The average molecular weight is 297 g/mol. The van der Waals surface area contributed by atoms with Gasteiger partial charge >= 0.3 is 0 Å². The van der Waals surface area contributed by atoms with Crippen LogP contribution in [0, 0.1) is 5.82 Å². The van der Waals surface area contributed by atoms with E-state index in [1.807, 2.05) is 12.1 Å². The first-order chi connectivity index (χ1) is 10.7. The third-order valence-corrected chi connectivity index (χ3v) is 4.03. The molecule has 0 unspecified atom stereocenters. The van der Waals surface area contributed by atoms with Crippen molar-refractivity contribution in [3.8, 4) is 11.3 Å². The van der Waals surface area contributed by atoms with E-state index in [0.717, 1.165) is 18.9 Å². The maximum Gasteiger partial charge on any atom is 0.156 e. The Morgan fingerprint density at radius 1 is 1.09 bits per heavy atom. The molecule has 0 spiro atoms. The fourth-order valence-corrected chi connectivity index (χ4v) is 2.90. The van der Waals surface area contributed by atoms with Crippen molar-refractivity contribution in [3.63, 3.8) is 0 Å². The number of nitrogens with zero attached hydrogens (tertiary/aromatic N) is 4. The lowest BCUT2D eigenvalue weighted by Crippen LogP contribution is -2.20. The number of fused-ring (bicyclic) bond motifs is 1. The van der Waals surface area contributed by atoms with E-state index in [1.165, 1.54) is 25.0 Å². The quantitative estimate of drug-likeness (QED) is 0.790. The van der Waals surface area contributed by atoms with Gasteiger partial charge in [0.15, 0.2) is 11.5 Å². The number of nitrogen functional groups attached to an aromatic ring is 1. The molecule has 0 radical (unpaired) electrons. The molecule has 2 aromatic heterocycles. The molecule has 0 saturated carbocycles. The molecule has 0 amide bonds. The van der Waals surface area contributed by atoms with E-state index in [2.05, 4.69) is 15.0 Å². The van der Waals surface area contributed by atoms with Gasteiger partial charge in [0, 0.05) is 18.7 Å². The SMILES string of the molecule is Nc1c(-c2cccc(F)c2)nc2ccc(N3CCCC3)nn12. The number of aromatic nitrogens is 3. The Hall–Kier alpha value is -2.63. The molecule has 3 heterocycles. The highest BCUT2D eigenvalue weighted by molar-refractivity contribution is 5.74. The van der Waals surface area contributed by atoms with E-state index in [9.17, 15) is 4.39 Å². The predicted molar refractivity (Wildman–Crippen MR) is 84.2 cm³/mol. The number of anilines is 2. The topological polar surface area (TPSA) is 59.5 Å². The van der Waals surface area contributed by atoms with Crippen LogP contribution in [0.25, 0.3) is 16.9 Å². The van der Waals surface area contributed by atoms with Gasteiger partial charge in [-0.15, -0.1) is 5.10 Å². The first-order valence-corrected chi connectivity index (χ1v) is 7.38. The summed E-state index contributed by atoms with van der Waals surface area (Å²) in [4.78, 5) is 6.72. The normalized spacial score (nSPS) is 14.9. The van der Waals surface area contributed by atoms with Gasteiger partial charge in [0.2, 0.25) is 0 Å². The first kappa shape index (κ1) is 13.1. The zero-order valence-corrected chi connectivity index (χ0v) is 12.0. The van der Waals surface area contributed by atoms with Crippen LogP contribution in [0.5, 0.6) is 0 Å². The summed E-state index contributed by atoms with van der Waals surface area (Å²) in [5.41, 5.74) is 8.07. The van der Waals surface area contributed by atoms with Crippen molar-refractivity contribution in [1.82, 2.24) is 14.6 Å². The number of benzene rings is 1. The third kappa shape index (κ3) is 2.07. The van der Waals surface area contributed by atoms with E-state index >= 15 is 0 Å². The molecule has 22 heavy (non-hydrogen) atoms. The van der Waals surface area contributed by atoms with E-state index in [-0.39, 0.29) is 5.82 Å². The van der Waals surface area contributed by atoms with Crippen molar-refractivity contribution in [1.29, 1.82) is 0 Å². The third-order valence-electron chi connectivity index (χ3n) is 4.03. The smallest absolute Gasteiger partial charge is 0.156 e. The minimum atomic E-state index is -0.306. The van der Waals surface area contributed by atoms with Crippen LogP contribution in [0.3, 0.4) is 0 Å². The lowest BCUT2D eigenvalue weighted by Gasteiger charge is -2.15. The standard InChI is InChI=1S/C16H16FN5/c17-12-5-3-4-11(10-12)15-16(18)22-13(19-15)6-7-14(20-22)21-8-1-2-9-21/h3-7,10H,1-2,8-9,18H2. The van der Waals surface area contributed by atoms with Crippen LogP contribution in [0.1, 0.15) is 12.8 Å². The average Bonchev–Trinajstić information content (AvgIpc) is 3.16. The lowest BCUT2D eigenvalue weighted by molar-refractivity contribution is 0.628. The second kappa shape index (κ2) is 4.98. The van der Waals surface area contributed by atoms with Gasteiger partial charge in [-0.3, -0.25) is 0 Å². The molecule has 0 bridgehead atoms. The minimum absolute atomic E-state index is 0.306. The van der Waals surface area contributed by atoms with Crippen LogP contribution in [0.2, 0.25) is 0 Å². The molecule has 1 fully saturated rings. The summed E-state index contributed by atoms with van der Waals surface area (Å²) in [6.07, 6.45) is 2.38. The molecule has 112 valence electrons.